The topological polar surface area (TPSA) is 60.9 Å². The number of sulfonamides is 1. The van der Waals surface area contributed by atoms with Crippen LogP contribution in [0.25, 0.3) is 0 Å². The van der Waals surface area contributed by atoms with Gasteiger partial charge in [0, 0.05) is 39.3 Å². The maximum Gasteiger partial charge on any atom is 0.320 e. The number of benzene rings is 1. The highest BCUT2D eigenvalue weighted by Crippen LogP contribution is 2.23. The van der Waals surface area contributed by atoms with E-state index in [1.54, 1.807) is 9.80 Å². The normalized spacial score (nSPS) is 16.2. The van der Waals surface area contributed by atoms with Crippen molar-refractivity contribution in [3.8, 4) is 0 Å². The number of rotatable bonds is 4. The fourth-order valence-corrected chi connectivity index (χ4v) is 4.20. The SMILES string of the molecule is CCN(CC)C(=O)N1CCN(S(=O)(=O)c2c(F)cccc2F)CC1. The zero-order valence-corrected chi connectivity index (χ0v) is 14.5. The fourth-order valence-electron chi connectivity index (χ4n) is 2.67. The molecule has 1 saturated heterocycles. The summed E-state index contributed by atoms with van der Waals surface area (Å²) in [5.41, 5.74) is 0. The van der Waals surface area contributed by atoms with Gasteiger partial charge in [-0.15, -0.1) is 0 Å². The van der Waals surface area contributed by atoms with Gasteiger partial charge in [-0.25, -0.2) is 22.0 Å². The van der Waals surface area contributed by atoms with Crippen LogP contribution in [0.1, 0.15) is 13.8 Å². The van der Waals surface area contributed by atoms with Gasteiger partial charge in [0.15, 0.2) is 4.90 Å². The summed E-state index contributed by atoms with van der Waals surface area (Å²) in [6, 6.07) is 2.78. The van der Waals surface area contributed by atoms with Crippen molar-refractivity contribution in [2.45, 2.75) is 18.7 Å². The van der Waals surface area contributed by atoms with Crippen LogP contribution in [-0.2, 0) is 10.0 Å². The van der Waals surface area contributed by atoms with Crippen molar-refractivity contribution in [2.24, 2.45) is 0 Å². The molecule has 1 fully saturated rings. The van der Waals surface area contributed by atoms with E-state index < -0.39 is 26.6 Å². The lowest BCUT2D eigenvalue weighted by Crippen LogP contribution is -2.54. The molecule has 0 aromatic heterocycles. The molecule has 1 aromatic rings. The average molecular weight is 361 g/mol. The highest BCUT2D eigenvalue weighted by molar-refractivity contribution is 7.89. The lowest BCUT2D eigenvalue weighted by molar-refractivity contribution is 0.137. The van der Waals surface area contributed by atoms with E-state index in [2.05, 4.69) is 0 Å². The molecule has 2 rings (SSSR count). The monoisotopic (exact) mass is 361 g/mol. The molecular weight excluding hydrogens is 340 g/mol. The van der Waals surface area contributed by atoms with Gasteiger partial charge < -0.3 is 9.80 Å². The van der Waals surface area contributed by atoms with Crippen LogP contribution in [0.3, 0.4) is 0 Å². The summed E-state index contributed by atoms with van der Waals surface area (Å²) >= 11 is 0. The van der Waals surface area contributed by atoms with Gasteiger partial charge in [-0.1, -0.05) is 6.07 Å². The molecule has 134 valence electrons. The van der Waals surface area contributed by atoms with Crippen molar-refractivity contribution in [3.63, 3.8) is 0 Å². The standard InChI is InChI=1S/C15H21F2N3O3S/c1-3-18(4-2)15(21)19-8-10-20(11-9-19)24(22,23)14-12(16)6-5-7-13(14)17/h5-7H,3-4,8-11H2,1-2H3. The maximum atomic E-state index is 13.8. The van der Waals surface area contributed by atoms with Gasteiger partial charge in [-0.2, -0.15) is 4.31 Å². The second-order valence-corrected chi connectivity index (χ2v) is 7.27. The van der Waals surface area contributed by atoms with Crippen LogP contribution in [0.15, 0.2) is 23.1 Å². The number of hydrogen-bond acceptors (Lipinski definition) is 3. The molecule has 6 nitrogen and oxygen atoms in total. The summed E-state index contributed by atoms with van der Waals surface area (Å²) in [4.78, 5) is 14.5. The number of carbonyl (C=O) groups is 1. The molecule has 0 spiro atoms. The van der Waals surface area contributed by atoms with Gasteiger partial charge in [0.05, 0.1) is 0 Å². The third-order valence-corrected chi connectivity index (χ3v) is 6.01. The molecule has 24 heavy (non-hydrogen) atoms. The summed E-state index contributed by atoms with van der Waals surface area (Å²) in [7, 11) is -4.27. The number of urea groups is 1. The molecule has 0 aliphatic carbocycles. The molecule has 9 heteroatoms. The van der Waals surface area contributed by atoms with Crippen LogP contribution in [0.2, 0.25) is 0 Å². The minimum absolute atomic E-state index is 0.00309. The molecule has 0 bridgehead atoms. The molecule has 0 unspecified atom stereocenters. The largest absolute Gasteiger partial charge is 0.325 e. The lowest BCUT2D eigenvalue weighted by Gasteiger charge is -2.36. The molecule has 1 aliphatic rings. The van der Waals surface area contributed by atoms with Gasteiger partial charge in [0.2, 0.25) is 10.0 Å². The van der Waals surface area contributed by atoms with E-state index in [4.69, 9.17) is 0 Å². The van der Waals surface area contributed by atoms with Crippen molar-refractivity contribution in [3.05, 3.63) is 29.8 Å². The average Bonchev–Trinajstić information content (AvgIpc) is 2.55. The Morgan fingerprint density at radius 2 is 1.58 bits per heavy atom. The predicted octanol–water partition coefficient (Wildman–Crippen LogP) is 1.73. The first-order valence-electron chi connectivity index (χ1n) is 7.80. The molecule has 1 aliphatic heterocycles. The molecule has 1 aromatic carbocycles. The van der Waals surface area contributed by atoms with Crippen molar-refractivity contribution >= 4 is 16.1 Å². The number of amides is 2. The van der Waals surface area contributed by atoms with Gasteiger partial charge in [-0.05, 0) is 26.0 Å². The Labute approximate surface area is 140 Å². The molecule has 0 saturated carbocycles. The first-order valence-corrected chi connectivity index (χ1v) is 9.24. The van der Waals surface area contributed by atoms with Crippen LogP contribution in [0.4, 0.5) is 13.6 Å². The van der Waals surface area contributed by atoms with E-state index in [9.17, 15) is 22.0 Å². The lowest BCUT2D eigenvalue weighted by atomic mass is 10.3. The zero-order valence-electron chi connectivity index (χ0n) is 13.7. The minimum Gasteiger partial charge on any atom is -0.325 e. The Hall–Kier alpha value is -1.74. The van der Waals surface area contributed by atoms with Crippen LogP contribution in [-0.4, -0.2) is 67.8 Å². The van der Waals surface area contributed by atoms with E-state index in [1.165, 1.54) is 0 Å². The quantitative estimate of drug-likeness (QED) is 0.821. The third kappa shape index (κ3) is 3.51. The summed E-state index contributed by atoms with van der Waals surface area (Å²) in [5.74, 6) is -2.23. The summed E-state index contributed by atoms with van der Waals surface area (Å²) < 4.78 is 53.6. The molecule has 0 atom stereocenters. The number of hydrogen-bond donors (Lipinski definition) is 0. The van der Waals surface area contributed by atoms with Crippen LogP contribution < -0.4 is 0 Å². The van der Waals surface area contributed by atoms with Gasteiger partial charge >= 0.3 is 6.03 Å². The highest BCUT2D eigenvalue weighted by atomic mass is 32.2. The Balaban J connectivity index is 2.13. The Bertz CT molecular complexity index is 680. The van der Waals surface area contributed by atoms with Gasteiger partial charge in [0.25, 0.3) is 0 Å². The summed E-state index contributed by atoms with van der Waals surface area (Å²) in [5, 5.41) is 0. The molecule has 0 radical (unpaired) electrons. The first kappa shape index (κ1) is 18.6. The Kier molecular flexibility index (Phi) is 5.76. The number of piperazine rings is 1. The zero-order chi connectivity index (χ0) is 17.9. The molecular formula is C15H21F2N3O3S. The van der Waals surface area contributed by atoms with E-state index in [0.29, 0.717) is 13.1 Å². The smallest absolute Gasteiger partial charge is 0.320 e. The third-order valence-electron chi connectivity index (χ3n) is 4.06. The Morgan fingerprint density at radius 3 is 2.04 bits per heavy atom. The van der Waals surface area contributed by atoms with Gasteiger partial charge in [-0.3, -0.25) is 0 Å². The maximum absolute atomic E-state index is 13.8. The number of nitrogens with zero attached hydrogens (tertiary/aromatic N) is 3. The molecule has 0 N–H and O–H groups in total. The van der Waals surface area contributed by atoms with Crippen molar-refractivity contribution in [1.82, 2.24) is 14.1 Å². The summed E-state index contributed by atoms with van der Waals surface area (Å²) in [6.07, 6.45) is 0. The summed E-state index contributed by atoms with van der Waals surface area (Å²) in [6.45, 7) is 5.23. The molecule has 1 heterocycles. The highest BCUT2D eigenvalue weighted by Gasteiger charge is 2.34. The number of carbonyl (C=O) groups excluding carboxylic acids is 1. The second-order valence-electron chi connectivity index (χ2n) is 5.40. The predicted molar refractivity (Wildman–Crippen MR) is 85.0 cm³/mol. The second kappa shape index (κ2) is 7.43. The molecule has 2 amide bonds. The first-order chi connectivity index (χ1) is 11.3. The fraction of sp³-hybridized carbons (Fsp3) is 0.533. The van der Waals surface area contributed by atoms with Crippen LogP contribution >= 0.6 is 0 Å². The van der Waals surface area contributed by atoms with Crippen LogP contribution in [0, 0.1) is 11.6 Å². The van der Waals surface area contributed by atoms with E-state index in [-0.39, 0.29) is 32.2 Å². The van der Waals surface area contributed by atoms with Crippen molar-refractivity contribution in [2.75, 3.05) is 39.3 Å². The minimum atomic E-state index is -4.27. The van der Waals surface area contributed by atoms with E-state index in [0.717, 1.165) is 22.5 Å². The van der Waals surface area contributed by atoms with Crippen molar-refractivity contribution < 1.29 is 22.0 Å². The Morgan fingerprint density at radius 1 is 1.08 bits per heavy atom. The number of halogens is 2. The van der Waals surface area contributed by atoms with Crippen LogP contribution in [0.5, 0.6) is 0 Å². The van der Waals surface area contributed by atoms with Gasteiger partial charge in [0.1, 0.15) is 11.6 Å². The van der Waals surface area contributed by atoms with E-state index in [1.807, 2.05) is 13.8 Å². The van der Waals surface area contributed by atoms with E-state index >= 15 is 0 Å². The van der Waals surface area contributed by atoms with Crippen molar-refractivity contribution in [1.29, 1.82) is 0 Å².